The van der Waals surface area contributed by atoms with Gasteiger partial charge in [0.1, 0.15) is 6.54 Å². The first-order valence-corrected chi connectivity index (χ1v) is 8.97. The van der Waals surface area contributed by atoms with Crippen LogP contribution in [-0.2, 0) is 24.4 Å². The van der Waals surface area contributed by atoms with Gasteiger partial charge in [0.05, 0.1) is 16.7 Å². The largest absolute Gasteiger partial charge is 0.354 e. The van der Waals surface area contributed by atoms with Crippen molar-refractivity contribution in [3.8, 4) is 0 Å². The third kappa shape index (κ3) is 3.56. The number of hydrogen-bond acceptors (Lipinski definition) is 3. The zero-order valence-electron chi connectivity index (χ0n) is 15.5. The Morgan fingerprint density at radius 2 is 1.85 bits per heavy atom. The second kappa shape index (κ2) is 7.59. The molecule has 2 heterocycles. The van der Waals surface area contributed by atoms with Gasteiger partial charge in [-0.2, -0.15) is 5.10 Å². The molecule has 0 saturated carbocycles. The highest BCUT2D eigenvalue weighted by Gasteiger charge is 2.14. The molecule has 3 aromatic rings. The SMILES string of the molecule is CCn1c(=O)n(CC(=O)NCCCn2nc(C)cc2C)c2ccccc21. The molecule has 1 aromatic carbocycles. The zero-order chi connectivity index (χ0) is 18.7. The minimum absolute atomic E-state index is 0.0340. The Morgan fingerprint density at radius 1 is 1.15 bits per heavy atom. The number of nitrogens with one attached hydrogen (secondary N) is 1. The standard InChI is InChI=1S/C19H25N5O2/c1-4-22-16-8-5-6-9-17(16)23(19(22)26)13-18(25)20-10-7-11-24-15(3)12-14(2)21-24/h5-6,8-9,12H,4,7,10-11,13H2,1-3H3,(H,20,25). The van der Waals surface area contributed by atoms with Gasteiger partial charge in [0.2, 0.25) is 5.91 Å². The van der Waals surface area contributed by atoms with Gasteiger partial charge >= 0.3 is 5.69 Å². The summed E-state index contributed by atoms with van der Waals surface area (Å²) in [5, 5.41) is 7.31. The molecule has 0 aliphatic rings. The predicted molar refractivity (Wildman–Crippen MR) is 101 cm³/mol. The lowest BCUT2D eigenvalue weighted by Crippen LogP contribution is -2.33. The van der Waals surface area contributed by atoms with E-state index in [4.69, 9.17) is 0 Å². The first-order valence-electron chi connectivity index (χ1n) is 8.97. The van der Waals surface area contributed by atoms with Crippen molar-refractivity contribution in [2.75, 3.05) is 6.54 Å². The number of carbonyl (C=O) groups excluding carboxylic acids is 1. The molecular weight excluding hydrogens is 330 g/mol. The molecule has 1 amide bonds. The van der Waals surface area contributed by atoms with Crippen LogP contribution in [0.2, 0.25) is 0 Å². The van der Waals surface area contributed by atoms with Crippen molar-refractivity contribution < 1.29 is 4.79 Å². The topological polar surface area (TPSA) is 73.8 Å². The van der Waals surface area contributed by atoms with E-state index in [0.29, 0.717) is 13.1 Å². The van der Waals surface area contributed by atoms with E-state index in [1.54, 1.807) is 4.57 Å². The van der Waals surface area contributed by atoms with E-state index in [2.05, 4.69) is 10.4 Å². The third-order valence-corrected chi connectivity index (χ3v) is 4.52. The first kappa shape index (κ1) is 18.0. The Labute approximate surface area is 152 Å². The molecule has 0 saturated heterocycles. The quantitative estimate of drug-likeness (QED) is 0.657. The Bertz CT molecular complexity index is 980. The molecule has 3 rings (SSSR count). The van der Waals surface area contributed by atoms with Crippen LogP contribution >= 0.6 is 0 Å². The predicted octanol–water partition coefficient (Wildman–Crippen LogP) is 1.84. The van der Waals surface area contributed by atoms with Crippen LogP contribution in [0.3, 0.4) is 0 Å². The van der Waals surface area contributed by atoms with E-state index >= 15 is 0 Å². The molecule has 0 spiro atoms. The number of imidazole rings is 1. The van der Waals surface area contributed by atoms with Crippen molar-refractivity contribution in [2.24, 2.45) is 0 Å². The van der Waals surface area contributed by atoms with Gasteiger partial charge in [0.25, 0.3) is 0 Å². The molecule has 0 atom stereocenters. The summed E-state index contributed by atoms with van der Waals surface area (Å²) in [5.74, 6) is -0.153. The maximum Gasteiger partial charge on any atom is 0.329 e. The maximum absolute atomic E-state index is 12.5. The van der Waals surface area contributed by atoms with Crippen molar-refractivity contribution in [3.63, 3.8) is 0 Å². The van der Waals surface area contributed by atoms with Gasteiger partial charge in [-0.05, 0) is 45.4 Å². The lowest BCUT2D eigenvalue weighted by atomic mass is 10.3. The summed E-state index contributed by atoms with van der Waals surface area (Å²) in [6.45, 7) is 7.84. The van der Waals surface area contributed by atoms with Crippen LogP contribution in [0.1, 0.15) is 24.7 Å². The number of para-hydroxylation sites is 2. The van der Waals surface area contributed by atoms with Gasteiger partial charge in [-0.1, -0.05) is 12.1 Å². The van der Waals surface area contributed by atoms with E-state index in [9.17, 15) is 9.59 Å². The van der Waals surface area contributed by atoms with Crippen LogP contribution < -0.4 is 11.0 Å². The number of aromatic nitrogens is 4. The molecule has 0 unspecified atom stereocenters. The molecule has 0 bridgehead atoms. The minimum atomic E-state index is -0.153. The van der Waals surface area contributed by atoms with Gasteiger partial charge in [-0.3, -0.25) is 18.6 Å². The van der Waals surface area contributed by atoms with Gasteiger partial charge in [-0.15, -0.1) is 0 Å². The molecule has 0 radical (unpaired) electrons. The summed E-state index contributed by atoms with van der Waals surface area (Å²) in [6, 6.07) is 9.60. The molecule has 26 heavy (non-hydrogen) atoms. The molecule has 138 valence electrons. The summed E-state index contributed by atoms with van der Waals surface area (Å²) in [4.78, 5) is 24.8. The lowest BCUT2D eigenvalue weighted by Gasteiger charge is -2.07. The Kier molecular flexibility index (Phi) is 5.25. The van der Waals surface area contributed by atoms with Crippen LogP contribution in [0.15, 0.2) is 35.1 Å². The van der Waals surface area contributed by atoms with Crippen molar-refractivity contribution >= 4 is 16.9 Å². The third-order valence-electron chi connectivity index (χ3n) is 4.52. The smallest absolute Gasteiger partial charge is 0.329 e. The Balaban J connectivity index is 1.60. The van der Waals surface area contributed by atoms with Crippen molar-refractivity contribution in [2.45, 2.75) is 46.8 Å². The van der Waals surface area contributed by atoms with E-state index in [1.807, 2.05) is 55.8 Å². The molecule has 0 fully saturated rings. The summed E-state index contributed by atoms with van der Waals surface area (Å²) in [7, 11) is 0. The monoisotopic (exact) mass is 355 g/mol. The fourth-order valence-electron chi connectivity index (χ4n) is 3.29. The van der Waals surface area contributed by atoms with Crippen LogP contribution in [0, 0.1) is 13.8 Å². The van der Waals surface area contributed by atoms with Crippen LogP contribution in [0.5, 0.6) is 0 Å². The average Bonchev–Trinajstić information content (AvgIpc) is 3.08. The maximum atomic E-state index is 12.5. The number of fused-ring (bicyclic) bond motifs is 1. The lowest BCUT2D eigenvalue weighted by molar-refractivity contribution is -0.121. The number of aryl methyl sites for hydroxylation is 4. The van der Waals surface area contributed by atoms with E-state index in [-0.39, 0.29) is 18.1 Å². The molecular formula is C19H25N5O2. The average molecular weight is 355 g/mol. The highest BCUT2D eigenvalue weighted by atomic mass is 16.2. The molecule has 7 heteroatoms. The Morgan fingerprint density at radius 3 is 2.46 bits per heavy atom. The van der Waals surface area contributed by atoms with Gasteiger partial charge in [0.15, 0.2) is 0 Å². The summed E-state index contributed by atoms with van der Waals surface area (Å²) in [5.41, 5.74) is 3.62. The summed E-state index contributed by atoms with van der Waals surface area (Å²) < 4.78 is 5.17. The highest BCUT2D eigenvalue weighted by Crippen LogP contribution is 2.12. The van der Waals surface area contributed by atoms with Crippen molar-refractivity contribution in [1.82, 2.24) is 24.2 Å². The Hall–Kier alpha value is -2.83. The summed E-state index contributed by atoms with van der Waals surface area (Å²) >= 11 is 0. The van der Waals surface area contributed by atoms with Crippen molar-refractivity contribution in [3.05, 3.63) is 52.2 Å². The second-order valence-corrected chi connectivity index (χ2v) is 6.46. The van der Waals surface area contributed by atoms with E-state index in [0.717, 1.165) is 35.4 Å². The van der Waals surface area contributed by atoms with E-state index < -0.39 is 0 Å². The van der Waals surface area contributed by atoms with Gasteiger partial charge in [-0.25, -0.2) is 4.79 Å². The van der Waals surface area contributed by atoms with Crippen LogP contribution in [0.25, 0.3) is 11.0 Å². The van der Waals surface area contributed by atoms with E-state index in [1.165, 1.54) is 4.57 Å². The fraction of sp³-hybridized carbons (Fsp3) is 0.421. The minimum Gasteiger partial charge on any atom is -0.354 e. The molecule has 2 aromatic heterocycles. The number of benzene rings is 1. The van der Waals surface area contributed by atoms with Crippen LogP contribution in [-0.4, -0.2) is 31.4 Å². The van der Waals surface area contributed by atoms with Crippen molar-refractivity contribution in [1.29, 1.82) is 0 Å². The number of carbonyl (C=O) groups is 1. The molecule has 1 N–H and O–H groups in total. The normalized spacial score (nSPS) is 11.2. The molecule has 7 nitrogen and oxygen atoms in total. The number of hydrogen-bond donors (Lipinski definition) is 1. The summed E-state index contributed by atoms with van der Waals surface area (Å²) in [6.07, 6.45) is 0.791. The highest BCUT2D eigenvalue weighted by molar-refractivity contribution is 5.80. The molecule has 0 aliphatic heterocycles. The number of rotatable bonds is 7. The number of amides is 1. The zero-order valence-corrected chi connectivity index (χ0v) is 15.5. The van der Waals surface area contributed by atoms with Gasteiger partial charge < -0.3 is 5.32 Å². The first-order chi connectivity index (χ1) is 12.5. The fourth-order valence-corrected chi connectivity index (χ4v) is 3.29. The van der Waals surface area contributed by atoms with Crippen LogP contribution in [0.4, 0.5) is 0 Å². The number of nitrogens with zero attached hydrogens (tertiary/aromatic N) is 4. The molecule has 0 aliphatic carbocycles. The second-order valence-electron chi connectivity index (χ2n) is 6.46. The van der Waals surface area contributed by atoms with Gasteiger partial charge in [0, 0.05) is 25.3 Å².